The number of amides is 1. The highest BCUT2D eigenvalue weighted by molar-refractivity contribution is 5.95. The Bertz CT molecular complexity index is 775. The minimum atomic E-state index is -0.637. The van der Waals surface area contributed by atoms with Gasteiger partial charge in [-0.1, -0.05) is 23.9 Å². The highest BCUT2D eigenvalue weighted by Gasteiger charge is 2.12. The molecule has 0 saturated heterocycles. The average molecular weight is 328 g/mol. The van der Waals surface area contributed by atoms with Crippen LogP contribution in [0.15, 0.2) is 47.6 Å². The SMILES string of the molecule is CCOc1cc([N+](=O)[O-])cc(/C=N\NC(=O)c2ccccc2)c1[O-]. The van der Waals surface area contributed by atoms with Crippen LogP contribution in [0.25, 0.3) is 0 Å². The van der Waals surface area contributed by atoms with E-state index in [4.69, 9.17) is 4.74 Å². The van der Waals surface area contributed by atoms with E-state index in [-0.39, 0.29) is 23.6 Å². The zero-order valence-corrected chi connectivity index (χ0v) is 12.8. The van der Waals surface area contributed by atoms with Gasteiger partial charge in [0.2, 0.25) is 0 Å². The first-order valence-corrected chi connectivity index (χ1v) is 7.03. The van der Waals surface area contributed by atoms with Crippen molar-refractivity contribution in [2.75, 3.05) is 6.61 Å². The molecule has 0 heterocycles. The number of nitrogens with zero attached hydrogens (tertiary/aromatic N) is 2. The summed E-state index contributed by atoms with van der Waals surface area (Å²) in [5.41, 5.74) is 2.30. The first-order chi connectivity index (χ1) is 11.5. The summed E-state index contributed by atoms with van der Waals surface area (Å²) < 4.78 is 5.10. The molecule has 2 rings (SSSR count). The molecule has 0 atom stereocenters. The van der Waals surface area contributed by atoms with Crippen LogP contribution in [-0.2, 0) is 0 Å². The molecule has 0 aliphatic rings. The molecule has 0 aliphatic carbocycles. The molecule has 0 saturated carbocycles. The zero-order valence-electron chi connectivity index (χ0n) is 12.8. The van der Waals surface area contributed by atoms with Crippen molar-refractivity contribution in [1.82, 2.24) is 5.43 Å². The molecule has 0 aromatic heterocycles. The van der Waals surface area contributed by atoms with Crippen LogP contribution in [0.3, 0.4) is 0 Å². The molecule has 1 N–H and O–H groups in total. The number of rotatable bonds is 6. The second-order valence-corrected chi connectivity index (χ2v) is 4.62. The highest BCUT2D eigenvalue weighted by Crippen LogP contribution is 2.31. The van der Waals surface area contributed by atoms with E-state index in [1.807, 2.05) is 0 Å². The largest absolute Gasteiger partial charge is 0.870 e. The molecule has 124 valence electrons. The summed E-state index contributed by atoms with van der Waals surface area (Å²) in [6, 6.07) is 10.5. The van der Waals surface area contributed by atoms with E-state index in [1.54, 1.807) is 37.3 Å². The van der Waals surface area contributed by atoms with Crippen molar-refractivity contribution < 1.29 is 19.6 Å². The van der Waals surface area contributed by atoms with Crippen LogP contribution in [0.4, 0.5) is 5.69 Å². The molecule has 0 radical (unpaired) electrons. The molecule has 1 amide bonds. The Hall–Kier alpha value is -3.42. The number of nitro benzene ring substituents is 1. The van der Waals surface area contributed by atoms with Crippen LogP contribution in [0.2, 0.25) is 0 Å². The fourth-order valence-electron chi connectivity index (χ4n) is 1.89. The Morgan fingerprint density at radius 1 is 1.33 bits per heavy atom. The second-order valence-electron chi connectivity index (χ2n) is 4.62. The lowest BCUT2D eigenvalue weighted by Crippen LogP contribution is -2.17. The second kappa shape index (κ2) is 7.73. The monoisotopic (exact) mass is 328 g/mol. The van der Waals surface area contributed by atoms with Crippen molar-refractivity contribution in [1.29, 1.82) is 0 Å². The van der Waals surface area contributed by atoms with E-state index in [0.29, 0.717) is 5.56 Å². The number of ether oxygens (including phenoxy) is 1. The summed E-state index contributed by atoms with van der Waals surface area (Å²) in [6.45, 7) is 1.85. The van der Waals surface area contributed by atoms with Gasteiger partial charge >= 0.3 is 0 Å². The van der Waals surface area contributed by atoms with Crippen molar-refractivity contribution in [3.63, 3.8) is 0 Å². The van der Waals surface area contributed by atoms with Crippen LogP contribution in [0.5, 0.6) is 11.5 Å². The van der Waals surface area contributed by atoms with Gasteiger partial charge in [-0.15, -0.1) is 0 Å². The lowest BCUT2D eigenvalue weighted by Gasteiger charge is -2.16. The van der Waals surface area contributed by atoms with Crippen LogP contribution in [-0.4, -0.2) is 23.7 Å². The number of hydrogen-bond acceptors (Lipinski definition) is 6. The van der Waals surface area contributed by atoms with Gasteiger partial charge in [0.1, 0.15) is 5.75 Å². The molecule has 0 fully saturated rings. The molecule has 0 aliphatic heterocycles. The maximum Gasteiger partial charge on any atom is 0.273 e. The van der Waals surface area contributed by atoms with E-state index in [2.05, 4.69) is 10.5 Å². The number of carbonyl (C=O) groups excluding carboxylic acids is 1. The van der Waals surface area contributed by atoms with E-state index >= 15 is 0 Å². The first-order valence-electron chi connectivity index (χ1n) is 7.03. The number of non-ortho nitro benzene ring substituents is 1. The predicted octanol–water partition coefficient (Wildman–Crippen LogP) is 1.83. The molecular weight excluding hydrogens is 314 g/mol. The summed E-state index contributed by atoms with van der Waals surface area (Å²) in [6.07, 6.45) is 1.05. The van der Waals surface area contributed by atoms with Crippen LogP contribution < -0.4 is 15.3 Å². The van der Waals surface area contributed by atoms with Crippen molar-refractivity contribution in [2.24, 2.45) is 5.10 Å². The Morgan fingerprint density at radius 3 is 2.67 bits per heavy atom. The lowest BCUT2D eigenvalue weighted by molar-refractivity contribution is -0.385. The van der Waals surface area contributed by atoms with Crippen molar-refractivity contribution in [3.8, 4) is 11.5 Å². The fraction of sp³-hybridized carbons (Fsp3) is 0.125. The van der Waals surface area contributed by atoms with Gasteiger partial charge in [-0.25, -0.2) is 5.43 Å². The van der Waals surface area contributed by atoms with E-state index in [9.17, 15) is 20.0 Å². The Balaban J connectivity index is 2.21. The third kappa shape index (κ3) is 4.07. The van der Waals surface area contributed by atoms with Gasteiger partial charge in [0.05, 0.1) is 23.8 Å². The number of nitro groups is 1. The summed E-state index contributed by atoms with van der Waals surface area (Å²) in [5, 5.41) is 26.7. The normalized spacial score (nSPS) is 10.5. The third-order valence-corrected chi connectivity index (χ3v) is 2.98. The predicted molar refractivity (Wildman–Crippen MR) is 85.2 cm³/mol. The van der Waals surface area contributed by atoms with Crippen LogP contribution >= 0.6 is 0 Å². The van der Waals surface area contributed by atoms with Crippen molar-refractivity contribution in [3.05, 3.63) is 63.7 Å². The van der Waals surface area contributed by atoms with Crippen LogP contribution in [0.1, 0.15) is 22.8 Å². The summed E-state index contributed by atoms with van der Waals surface area (Å²) in [7, 11) is 0. The molecular formula is C16H14N3O5-. The number of benzene rings is 2. The number of carbonyl (C=O) groups is 1. The van der Waals surface area contributed by atoms with Gasteiger partial charge in [0, 0.05) is 11.6 Å². The Morgan fingerprint density at radius 2 is 2.04 bits per heavy atom. The standard InChI is InChI=1S/C16H15N3O5/c1-2-24-14-9-13(19(22)23)8-12(15(14)20)10-17-18-16(21)11-6-4-3-5-7-11/h3-10,20H,2H2,1H3,(H,18,21)/p-1/b17-10-. The number of nitrogens with one attached hydrogen (secondary N) is 1. The highest BCUT2D eigenvalue weighted by atomic mass is 16.6. The Kier molecular flexibility index (Phi) is 5.45. The maximum atomic E-state index is 12.1. The minimum absolute atomic E-state index is 0.0546. The molecule has 24 heavy (non-hydrogen) atoms. The zero-order chi connectivity index (χ0) is 17.5. The lowest BCUT2D eigenvalue weighted by atomic mass is 10.1. The molecule has 0 spiro atoms. The maximum absolute atomic E-state index is 12.1. The first kappa shape index (κ1) is 16.9. The fourth-order valence-corrected chi connectivity index (χ4v) is 1.89. The van der Waals surface area contributed by atoms with Gasteiger partial charge in [-0.2, -0.15) is 5.10 Å². The molecule has 2 aromatic rings. The van der Waals surface area contributed by atoms with E-state index in [1.165, 1.54) is 0 Å². The van der Waals surface area contributed by atoms with Gasteiger partial charge in [0.15, 0.2) is 0 Å². The van der Waals surface area contributed by atoms with Crippen molar-refractivity contribution in [2.45, 2.75) is 6.92 Å². The van der Waals surface area contributed by atoms with E-state index in [0.717, 1.165) is 18.3 Å². The molecule has 8 heteroatoms. The van der Waals surface area contributed by atoms with Gasteiger partial charge in [0.25, 0.3) is 11.6 Å². The summed E-state index contributed by atoms with van der Waals surface area (Å²) in [5.74, 6) is -1.14. The van der Waals surface area contributed by atoms with Crippen molar-refractivity contribution >= 4 is 17.8 Å². The summed E-state index contributed by atoms with van der Waals surface area (Å²) >= 11 is 0. The van der Waals surface area contributed by atoms with Crippen LogP contribution in [0, 0.1) is 10.1 Å². The van der Waals surface area contributed by atoms with E-state index < -0.39 is 16.6 Å². The smallest absolute Gasteiger partial charge is 0.273 e. The number of hydrogen-bond donors (Lipinski definition) is 1. The van der Waals surface area contributed by atoms with Gasteiger partial charge in [-0.3, -0.25) is 14.9 Å². The number of hydrazone groups is 1. The third-order valence-electron chi connectivity index (χ3n) is 2.98. The quantitative estimate of drug-likeness (QED) is 0.493. The van der Waals surface area contributed by atoms with Gasteiger partial charge < -0.3 is 9.84 Å². The molecule has 8 nitrogen and oxygen atoms in total. The Labute approximate surface area is 137 Å². The minimum Gasteiger partial charge on any atom is -0.870 e. The average Bonchev–Trinajstić information content (AvgIpc) is 2.58. The van der Waals surface area contributed by atoms with Gasteiger partial charge in [-0.05, 0) is 24.6 Å². The molecule has 0 bridgehead atoms. The topological polar surface area (TPSA) is 117 Å². The summed E-state index contributed by atoms with van der Waals surface area (Å²) in [4.78, 5) is 22.1. The molecule has 2 aromatic carbocycles. The molecule has 0 unspecified atom stereocenters.